The van der Waals surface area contributed by atoms with Crippen LogP contribution in [0.3, 0.4) is 0 Å². The van der Waals surface area contributed by atoms with Crippen molar-refractivity contribution in [3.63, 3.8) is 0 Å². The summed E-state index contributed by atoms with van der Waals surface area (Å²) in [6.07, 6.45) is 0.768. The van der Waals surface area contributed by atoms with Gasteiger partial charge in [0.1, 0.15) is 0 Å². The number of para-hydroxylation sites is 1. The summed E-state index contributed by atoms with van der Waals surface area (Å²) in [4.78, 5) is 15.9. The van der Waals surface area contributed by atoms with Crippen LogP contribution in [-0.4, -0.2) is 11.3 Å². The molecule has 2 aromatic carbocycles. The largest absolute Gasteiger partial charge is 0.298 e. The van der Waals surface area contributed by atoms with Gasteiger partial charge in [-0.05, 0) is 6.07 Å². The summed E-state index contributed by atoms with van der Waals surface area (Å²) in [6, 6.07) is 17.1. The fourth-order valence-electron chi connectivity index (χ4n) is 2.11. The number of benzene rings is 2. The minimum atomic E-state index is 0.437. The number of halogens is 1. The fourth-order valence-corrected chi connectivity index (χ4v) is 2.40. The summed E-state index contributed by atoms with van der Waals surface area (Å²) in [6.45, 7) is 0. The minimum absolute atomic E-state index is 0.437. The van der Waals surface area contributed by atoms with Crippen LogP contribution in [0.2, 0.25) is 5.02 Å². The Morgan fingerprint density at radius 3 is 2.37 bits per heavy atom. The Bertz CT molecular complexity index is 753. The molecule has 0 saturated heterocycles. The van der Waals surface area contributed by atoms with E-state index in [1.54, 1.807) is 0 Å². The van der Waals surface area contributed by atoms with Crippen molar-refractivity contribution in [3.05, 3.63) is 65.2 Å². The van der Waals surface area contributed by atoms with Crippen molar-refractivity contribution in [3.8, 4) is 11.3 Å². The zero-order valence-electron chi connectivity index (χ0n) is 10.0. The van der Waals surface area contributed by atoms with Gasteiger partial charge in [0.05, 0.1) is 21.8 Å². The summed E-state index contributed by atoms with van der Waals surface area (Å²) >= 11 is 6.33. The Balaban J connectivity index is 2.39. The van der Waals surface area contributed by atoms with Crippen LogP contribution in [-0.2, 0) is 0 Å². The smallest absolute Gasteiger partial charge is 0.153 e. The van der Waals surface area contributed by atoms with Gasteiger partial charge in [-0.1, -0.05) is 60.1 Å². The molecule has 1 aromatic heterocycles. The molecule has 92 valence electrons. The van der Waals surface area contributed by atoms with Gasteiger partial charge in [-0.25, -0.2) is 4.98 Å². The van der Waals surface area contributed by atoms with Gasteiger partial charge in [0.25, 0.3) is 0 Å². The number of nitrogens with zero attached hydrogens (tertiary/aromatic N) is 1. The van der Waals surface area contributed by atoms with Crippen LogP contribution in [0.5, 0.6) is 0 Å². The van der Waals surface area contributed by atoms with Crippen LogP contribution in [0.25, 0.3) is 22.2 Å². The Kier molecular flexibility index (Phi) is 3.02. The molecular weight excluding hydrogens is 258 g/mol. The molecule has 0 N–H and O–H groups in total. The average molecular weight is 268 g/mol. The maximum Gasteiger partial charge on any atom is 0.153 e. The molecule has 0 aliphatic carbocycles. The van der Waals surface area contributed by atoms with Crippen molar-refractivity contribution in [2.75, 3.05) is 0 Å². The number of hydrogen-bond donors (Lipinski definition) is 0. The molecular formula is C16H10ClNO. The van der Waals surface area contributed by atoms with Crippen LogP contribution >= 0.6 is 11.6 Å². The molecule has 0 atom stereocenters. The lowest BCUT2D eigenvalue weighted by atomic mass is 10.0. The number of aromatic nitrogens is 1. The first kappa shape index (κ1) is 11.9. The third-order valence-corrected chi connectivity index (χ3v) is 3.44. The third kappa shape index (κ3) is 2.00. The molecule has 19 heavy (non-hydrogen) atoms. The van der Waals surface area contributed by atoms with E-state index in [0.29, 0.717) is 16.3 Å². The van der Waals surface area contributed by atoms with Crippen molar-refractivity contribution in [2.24, 2.45) is 0 Å². The average Bonchev–Trinajstić information content (AvgIpc) is 2.48. The van der Waals surface area contributed by atoms with Gasteiger partial charge in [-0.2, -0.15) is 0 Å². The van der Waals surface area contributed by atoms with Crippen molar-refractivity contribution in [1.82, 2.24) is 4.98 Å². The Morgan fingerprint density at radius 1 is 0.947 bits per heavy atom. The molecule has 1 heterocycles. The molecule has 0 aliphatic rings. The lowest BCUT2D eigenvalue weighted by Crippen LogP contribution is -1.95. The van der Waals surface area contributed by atoms with Gasteiger partial charge < -0.3 is 0 Å². The van der Waals surface area contributed by atoms with Gasteiger partial charge in [-0.3, -0.25) is 4.79 Å². The van der Waals surface area contributed by atoms with Crippen LogP contribution in [0.15, 0.2) is 54.6 Å². The minimum Gasteiger partial charge on any atom is -0.298 e. The lowest BCUT2D eigenvalue weighted by Gasteiger charge is -2.09. The molecule has 0 amide bonds. The van der Waals surface area contributed by atoms with Gasteiger partial charge in [0.15, 0.2) is 6.29 Å². The number of fused-ring (bicyclic) bond motifs is 1. The van der Waals surface area contributed by atoms with Crippen molar-refractivity contribution >= 4 is 28.8 Å². The molecule has 0 bridgehead atoms. The zero-order valence-corrected chi connectivity index (χ0v) is 10.8. The maximum absolute atomic E-state index is 11.3. The summed E-state index contributed by atoms with van der Waals surface area (Å²) < 4.78 is 0. The van der Waals surface area contributed by atoms with Crippen LogP contribution < -0.4 is 0 Å². The molecule has 0 saturated carbocycles. The standard InChI is InChI=1S/C16H10ClNO/c17-15-12-8-4-5-9-14(12)18-16(13(15)10-19)11-6-2-1-3-7-11/h1-10H. The number of rotatable bonds is 2. The van der Waals surface area contributed by atoms with Crippen LogP contribution in [0.4, 0.5) is 0 Å². The summed E-state index contributed by atoms with van der Waals surface area (Å²) in [5.41, 5.74) is 2.74. The quantitative estimate of drug-likeness (QED) is 0.646. The maximum atomic E-state index is 11.3. The summed E-state index contributed by atoms with van der Waals surface area (Å²) in [5, 5.41) is 1.26. The fraction of sp³-hybridized carbons (Fsp3) is 0. The zero-order chi connectivity index (χ0) is 13.2. The molecule has 3 aromatic rings. The Hall–Kier alpha value is -2.19. The second kappa shape index (κ2) is 4.82. The van der Waals surface area contributed by atoms with E-state index < -0.39 is 0 Å². The van der Waals surface area contributed by atoms with Crippen molar-refractivity contribution in [2.45, 2.75) is 0 Å². The highest BCUT2D eigenvalue weighted by Crippen LogP contribution is 2.32. The second-order valence-corrected chi connectivity index (χ2v) is 4.57. The lowest BCUT2D eigenvalue weighted by molar-refractivity contribution is 0.112. The van der Waals surface area contributed by atoms with E-state index in [1.807, 2.05) is 54.6 Å². The first-order valence-electron chi connectivity index (χ1n) is 5.90. The van der Waals surface area contributed by atoms with E-state index in [9.17, 15) is 4.79 Å². The van der Waals surface area contributed by atoms with E-state index in [-0.39, 0.29) is 0 Å². The molecule has 0 spiro atoms. The van der Waals surface area contributed by atoms with Gasteiger partial charge in [-0.15, -0.1) is 0 Å². The normalized spacial score (nSPS) is 10.6. The van der Waals surface area contributed by atoms with Gasteiger partial charge in [0, 0.05) is 10.9 Å². The molecule has 0 unspecified atom stereocenters. The van der Waals surface area contributed by atoms with E-state index >= 15 is 0 Å². The topological polar surface area (TPSA) is 30.0 Å². The van der Waals surface area contributed by atoms with Gasteiger partial charge in [0.2, 0.25) is 0 Å². The number of pyridine rings is 1. The van der Waals surface area contributed by atoms with E-state index in [4.69, 9.17) is 11.6 Å². The number of carbonyl (C=O) groups is 1. The highest BCUT2D eigenvalue weighted by Gasteiger charge is 2.13. The molecule has 3 heteroatoms. The Labute approximate surface area is 115 Å². The van der Waals surface area contributed by atoms with E-state index in [1.165, 1.54) is 0 Å². The van der Waals surface area contributed by atoms with Crippen LogP contribution in [0.1, 0.15) is 10.4 Å². The SMILES string of the molecule is O=Cc1c(-c2ccccc2)nc2ccccc2c1Cl. The molecule has 2 nitrogen and oxygen atoms in total. The van der Waals surface area contributed by atoms with Crippen LogP contribution in [0, 0.1) is 0 Å². The highest BCUT2D eigenvalue weighted by atomic mass is 35.5. The van der Waals surface area contributed by atoms with E-state index in [2.05, 4.69) is 4.98 Å². The first-order chi connectivity index (χ1) is 9.31. The predicted octanol–water partition coefficient (Wildman–Crippen LogP) is 4.37. The molecule has 0 aliphatic heterocycles. The number of aldehydes is 1. The molecule has 0 fully saturated rings. The summed E-state index contributed by atoms with van der Waals surface area (Å²) in [7, 11) is 0. The number of carbonyl (C=O) groups excluding carboxylic acids is 1. The van der Waals surface area contributed by atoms with Crippen molar-refractivity contribution in [1.29, 1.82) is 0 Å². The molecule has 0 radical (unpaired) electrons. The first-order valence-corrected chi connectivity index (χ1v) is 6.28. The predicted molar refractivity (Wildman–Crippen MR) is 77.6 cm³/mol. The number of hydrogen-bond acceptors (Lipinski definition) is 2. The van der Waals surface area contributed by atoms with Crippen molar-refractivity contribution < 1.29 is 4.79 Å². The Morgan fingerprint density at radius 2 is 1.63 bits per heavy atom. The summed E-state index contributed by atoms with van der Waals surface area (Å²) in [5.74, 6) is 0. The third-order valence-electron chi connectivity index (χ3n) is 3.03. The van der Waals surface area contributed by atoms with Gasteiger partial charge >= 0.3 is 0 Å². The monoisotopic (exact) mass is 267 g/mol. The molecule has 3 rings (SSSR count). The van der Waals surface area contributed by atoms with E-state index in [0.717, 1.165) is 22.8 Å². The second-order valence-electron chi connectivity index (χ2n) is 4.19. The highest BCUT2D eigenvalue weighted by molar-refractivity contribution is 6.38.